The van der Waals surface area contributed by atoms with Gasteiger partial charge in [-0.3, -0.25) is 4.79 Å². The number of imidazole rings is 1. The summed E-state index contributed by atoms with van der Waals surface area (Å²) in [5, 5.41) is 22.5. The van der Waals surface area contributed by atoms with Gasteiger partial charge in [0.1, 0.15) is 22.6 Å². The van der Waals surface area contributed by atoms with Crippen LogP contribution in [-0.2, 0) is 7.05 Å². The third-order valence-corrected chi connectivity index (χ3v) is 8.21. The van der Waals surface area contributed by atoms with Crippen molar-refractivity contribution in [1.82, 2.24) is 14.5 Å². The van der Waals surface area contributed by atoms with Crippen LogP contribution in [0, 0.1) is 0 Å². The van der Waals surface area contributed by atoms with Gasteiger partial charge < -0.3 is 24.1 Å². The number of aromatic nitrogens is 2. The first-order chi connectivity index (χ1) is 18.3. The Balaban J connectivity index is 1.43. The van der Waals surface area contributed by atoms with Crippen LogP contribution in [0.2, 0.25) is 5.02 Å². The number of para-hydroxylation sites is 2. The molecule has 0 aliphatic carbocycles. The number of benzene rings is 3. The van der Waals surface area contributed by atoms with Gasteiger partial charge in [0.15, 0.2) is 16.2 Å². The van der Waals surface area contributed by atoms with E-state index < -0.39 is 5.43 Å². The molecule has 0 spiro atoms. The van der Waals surface area contributed by atoms with Gasteiger partial charge in [0.25, 0.3) is 0 Å². The fourth-order valence-corrected chi connectivity index (χ4v) is 6.06. The van der Waals surface area contributed by atoms with Crippen molar-refractivity contribution in [1.29, 1.82) is 0 Å². The van der Waals surface area contributed by atoms with Gasteiger partial charge in [0, 0.05) is 42.7 Å². The molecule has 1 aliphatic rings. The summed E-state index contributed by atoms with van der Waals surface area (Å²) >= 11 is 8.19. The average molecular weight is 546 g/mol. The highest BCUT2D eigenvalue weighted by Crippen LogP contribution is 2.42. The van der Waals surface area contributed by atoms with Crippen molar-refractivity contribution in [2.75, 3.05) is 20.1 Å². The van der Waals surface area contributed by atoms with Crippen LogP contribution in [0.1, 0.15) is 12.0 Å². The van der Waals surface area contributed by atoms with Crippen LogP contribution in [0.3, 0.4) is 0 Å². The molecule has 0 fully saturated rings. The Kier molecular flexibility index (Phi) is 6.18. The maximum absolute atomic E-state index is 13.1. The molecule has 192 valence electrons. The molecule has 0 bridgehead atoms. The average Bonchev–Trinajstić information content (AvgIpc) is 3.19. The number of rotatable bonds is 4. The van der Waals surface area contributed by atoms with E-state index in [0.717, 1.165) is 33.2 Å². The van der Waals surface area contributed by atoms with E-state index in [1.54, 1.807) is 6.07 Å². The molecule has 0 unspecified atom stereocenters. The molecule has 2 N–H and O–H groups in total. The van der Waals surface area contributed by atoms with E-state index in [2.05, 4.69) is 4.90 Å². The molecular weight excluding hydrogens is 522 g/mol. The van der Waals surface area contributed by atoms with E-state index in [1.807, 2.05) is 61.1 Å². The quantitative estimate of drug-likeness (QED) is 0.274. The number of fused-ring (bicyclic) bond motifs is 2. The van der Waals surface area contributed by atoms with Gasteiger partial charge >= 0.3 is 0 Å². The Hall–Kier alpha value is -3.72. The molecule has 0 atom stereocenters. The maximum Gasteiger partial charge on any atom is 0.197 e. The molecule has 0 amide bonds. The third kappa shape index (κ3) is 4.24. The fourth-order valence-electron chi connectivity index (χ4n) is 4.82. The normalized spacial score (nSPS) is 14.3. The summed E-state index contributed by atoms with van der Waals surface area (Å²) in [7, 11) is 3.99. The number of phenolic OH excluding ortho intramolecular Hbond substituents is 2. The van der Waals surface area contributed by atoms with E-state index in [1.165, 1.54) is 23.9 Å². The highest BCUT2D eigenvalue weighted by molar-refractivity contribution is 7.99. The first kappa shape index (κ1) is 24.6. The Labute approximate surface area is 227 Å². The first-order valence-electron chi connectivity index (χ1n) is 12.1. The van der Waals surface area contributed by atoms with Crippen LogP contribution in [-0.4, -0.2) is 44.8 Å². The number of hydrogen-bond acceptors (Lipinski definition) is 7. The fraction of sp³-hybridized carbons (Fsp3) is 0.172. The molecule has 0 saturated heterocycles. The highest BCUT2D eigenvalue weighted by Gasteiger charge is 2.23. The summed E-state index contributed by atoms with van der Waals surface area (Å²) in [5.41, 5.74) is 3.52. The van der Waals surface area contributed by atoms with Crippen LogP contribution < -0.4 is 5.43 Å². The smallest absolute Gasteiger partial charge is 0.197 e. The van der Waals surface area contributed by atoms with Crippen molar-refractivity contribution in [3.05, 3.63) is 81.5 Å². The molecule has 0 radical (unpaired) electrons. The summed E-state index contributed by atoms with van der Waals surface area (Å²) in [5.74, 6) is -0.201. The van der Waals surface area contributed by atoms with Gasteiger partial charge in [-0.15, -0.1) is 0 Å². The molecule has 38 heavy (non-hydrogen) atoms. The van der Waals surface area contributed by atoms with Gasteiger partial charge in [0.2, 0.25) is 0 Å². The lowest BCUT2D eigenvalue weighted by atomic mass is 9.96. The molecular formula is C29H24ClN3O4S. The van der Waals surface area contributed by atoms with Crippen molar-refractivity contribution < 1.29 is 14.6 Å². The van der Waals surface area contributed by atoms with E-state index in [4.69, 9.17) is 21.0 Å². The molecule has 1 aliphatic heterocycles. The van der Waals surface area contributed by atoms with Gasteiger partial charge in [-0.2, -0.15) is 0 Å². The summed E-state index contributed by atoms with van der Waals surface area (Å²) in [6.07, 6.45) is 2.68. The zero-order valence-electron chi connectivity index (χ0n) is 20.7. The lowest BCUT2D eigenvalue weighted by molar-refractivity contribution is 0.369. The van der Waals surface area contributed by atoms with E-state index >= 15 is 0 Å². The second kappa shape index (κ2) is 9.54. The Bertz CT molecular complexity index is 1830. The van der Waals surface area contributed by atoms with Crippen LogP contribution in [0.15, 0.2) is 79.9 Å². The minimum Gasteiger partial charge on any atom is -0.507 e. The van der Waals surface area contributed by atoms with Crippen LogP contribution in [0.4, 0.5) is 0 Å². The molecule has 5 aromatic rings. The number of phenols is 2. The maximum atomic E-state index is 13.1. The number of nitrogens with zero attached hydrogens (tertiary/aromatic N) is 3. The monoisotopic (exact) mass is 545 g/mol. The molecule has 7 nitrogen and oxygen atoms in total. The summed E-state index contributed by atoms with van der Waals surface area (Å²) < 4.78 is 8.25. The van der Waals surface area contributed by atoms with Crippen LogP contribution in [0.5, 0.6) is 11.5 Å². The molecule has 6 rings (SSSR count). The van der Waals surface area contributed by atoms with Gasteiger partial charge in [-0.1, -0.05) is 41.6 Å². The second-order valence-electron chi connectivity index (χ2n) is 9.40. The van der Waals surface area contributed by atoms with Crippen LogP contribution >= 0.6 is 23.4 Å². The summed E-state index contributed by atoms with van der Waals surface area (Å²) in [6.45, 7) is 1.51. The zero-order valence-corrected chi connectivity index (χ0v) is 22.3. The standard InChI is InChI=1S/C29H24ClN3O4S/c1-32-11-9-16(10-12-32)26-22(34)14-23(35)27-24(36)15-25(37-28(26)27)18-8-7-17(13-19(18)30)38-29-31-20-5-3-4-6-21(20)33(29)2/h3-9,13-15,34-35H,10-12H2,1-2H3. The van der Waals surface area contributed by atoms with Crippen molar-refractivity contribution in [2.24, 2.45) is 7.05 Å². The number of halogens is 1. The SMILES string of the molecule is CN1CC=C(c2c(O)cc(O)c3c(=O)cc(-c4ccc(Sc5nc6ccccc6n5C)cc4Cl)oc23)CC1. The molecule has 2 aromatic heterocycles. The number of aromatic hydroxyl groups is 2. The Morgan fingerprint density at radius 1 is 1.05 bits per heavy atom. The predicted molar refractivity (Wildman–Crippen MR) is 151 cm³/mol. The Morgan fingerprint density at radius 2 is 1.87 bits per heavy atom. The van der Waals surface area contributed by atoms with Crippen molar-refractivity contribution >= 4 is 50.9 Å². The molecule has 3 heterocycles. The van der Waals surface area contributed by atoms with Crippen molar-refractivity contribution in [2.45, 2.75) is 16.5 Å². The third-order valence-electron chi connectivity index (χ3n) is 6.86. The van der Waals surface area contributed by atoms with Crippen molar-refractivity contribution in [3.63, 3.8) is 0 Å². The minimum absolute atomic E-state index is 0.0338. The Morgan fingerprint density at radius 3 is 2.61 bits per heavy atom. The first-order valence-corrected chi connectivity index (χ1v) is 13.3. The number of aryl methyl sites for hydroxylation is 1. The lowest BCUT2D eigenvalue weighted by Crippen LogP contribution is -2.23. The summed E-state index contributed by atoms with van der Waals surface area (Å²) in [4.78, 5) is 20.9. The zero-order chi connectivity index (χ0) is 26.6. The van der Waals surface area contributed by atoms with E-state index in [0.29, 0.717) is 29.1 Å². The van der Waals surface area contributed by atoms with Gasteiger partial charge in [-0.25, -0.2) is 4.98 Å². The highest BCUT2D eigenvalue weighted by atomic mass is 35.5. The van der Waals surface area contributed by atoms with E-state index in [9.17, 15) is 15.0 Å². The van der Waals surface area contributed by atoms with Crippen LogP contribution in [0.25, 0.3) is 38.9 Å². The molecule has 0 saturated carbocycles. The number of likely N-dealkylation sites (N-methyl/N-ethyl adjacent to an activating group) is 1. The molecule has 9 heteroatoms. The minimum atomic E-state index is -0.414. The topological polar surface area (TPSA) is 91.7 Å². The lowest BCUT2D eigenvalue weighted by Gasteiger charge is -2.23. The predicted octanol–water partition coefficient (Wildman–Crippen LogP) is 6.28. The van der Waals surface area contributed by atoms with Crippen molar-refractivity contribution in [3.8, 4) is 22.8 Å². The second-order valence-corrected chi connectivity index (χ2v) is 10.8. The molecule has 3 aromatic carbocycles. The van der Waals surface area contributed by atoms with Gasteiger partial charge in [0.05, 0.1) is 21.6 Å². The van der Waals surface area contributed by atoms with E-state index in [-0.39, 0.29) is 28.2 Å². The largest absolute Gasteiger partial charge is 0.507 e. The number of hydrogen-bond donors (Lipinski definition) is 2. The summed E-state index contributed by atoms with van der Waals surface area (Å²) in [6, 6.07) is 16.0. The van der Waals surface area contributed by atoms with Gasteiger partial charge in [-0.05, 0) is 49.4 Å².